The van der Waals surface area contributed by atoms with Crippen LogP contribution in [-0.2, 0) is 9.47 Å². The summed E-state index contributed by atoms with van der Waals surface area (Å²) in [6.07, 6.45) is -0.170. The Morgan fingerprint density at radius 3 is 2.95 bits per heavy atom. The monoisotopic (exact) mass is 316 g/mol. The van der Waals surface area contributed by atoms with Gasteiger partial charge in [0.05, 0.1) is 17.6 Å². The molecule has 1 amide bonds. The second kappa shape index (κ2) is 7.71. The van der Waals surface area contributed by atoms with Crippen LogP contribution in [0.1, 0.15) is 32.1 Å². The van der Waals surface area contributed by atoms with Crippen LogP contribution in [0.25, 0.3) is 0 Å². The minimum atomic E-state index is -1.15. The van der Waals surface area contributed by atoms with Crippen molar-refractivity contribution < 1.29 is 24.3 Å². The van der Waals surface area contributed by atoms with Crippen LogP contribution in [0, 0.1) is 10.1 Å². The zero-order valence-corrected chi connectivity index (χ0v) is 11.3. The van der Waals surface area contributed by atoms with E-state index in [1.807, 2.05) is 0 Å². The Balaban J connectivity index is 0.00000242. The number of methoxy groups -OCH3 is 1. The molecule has 0 saturated carbocycles. The number of amides is 1. The van der Waals surface area contributed by atoms with Crippen molar-refractivity contribution in [2.24, 2.45) is 0 Å². The highest BCUT2D eigenvalue weighted by Crippen LogP contribution is 2.32. The van der Waals surface area contributed by atoms with Gasteiger partial charge in [-0.15, -0.1) is 0 Å². The molecule has 3 N–H and O–H groups in total. The van der Waals surface area contributed by atoms with Gasteiger partial charge in [-0.1, -0.05) is 7.43 Å². The van der Waals surface area contributed by atoms with E-state index in [0.717, 1.165) is 6.20 Å². The van der Waals surface area contributed by atoms with Crippen molar-refractivity contribution in [1.82, 2.24) is 15.5 Å². The number of nitrogens with zero attached hydrogens (tertiary/aromatic N) is 2. The number of nitro groups is 1. The van der Waals surface area contributed by atoms with E-state index in [9.17, 15) is 14.9 Å². The second-order valence-electron chi connectivity index (χ2n) is 4.66. The lowest BCUT2D eigenvalue weighted by Gasteiger charge is -2.22. The molecule has 1 aliphatic rings. The summed E-state index contributed by atoms with van der Waals surface area (Å²) in [4.78, 5) is 21.2. The van der Waals surface area contributed by atoms with Crippen LogP contribution in [0.5, 0.6) is 0 Å². The van der Waals surface area contributed by atoms with Gasteiger partial charge in [0.1, 0.15) is 24.1 Å². The zero-order chi connectivity index (χ0) is 15.4. The minimum Gasteiger partial charge on any atom is -0.465 e. The SMILES string of the molecule is C.CO[C@@H]1CO[C@H](c2[nH]ncc2[N+](=O)[O-])CC[C@H]1NC(=O)O. The fourth-order valence-corrected chi connectivity index (χ4v) is 2.38. The Morgan fingerprint density at radius 1 is 1.64 bits per heavy atom. The third-order valence-corrected chi connectivity index (χ3v) is 3.43. The van der Waals surface area contributed by atoms with Crippen LogP contribution in [0.3, 0.4) is 0 Å². The van der Waals surface area contributed by atoms with E-state index in [0.29, 0.717) is 12.8 Å². The zero-order valence-electron chi connectivity index (χ0n) is 11.3. The summed E-state index contributed by atoms with van der Waals surface area (Å²) in [6.45, 7) is 0.127. The Kier molecular flexibility index (Phi) is 6.25. The van der Waals surface area contributed by atoms with E-state index < -0.39 is 29.3 Å². The van der Waals surface area contributed by atoms with Gasteiger partial charge in [-0.2, -0.15) is 5.10 Å². The van der Waals surface area contributed by atoms with Crippen molar-refractivity contribution in [3.05, 3.63) is 22.0 Å². The molecule has 3 atom stereocenters. The van der Waals surface area contributed by atoms with E-state index in [4.69, 9.17) is 14.6 Å². The Morgan fingerprint density at radius 2 is 2.36 bits per heavy atom. The molecule has 1 aromatic rings. The molecule has 0 bridgehead atoms. The van der Waals surface area contributed by atoms with Crippen molar-refractivity contribution in [2.45, 2.75) is 38.5 Å². The molecule has 10 nitrogen and oxygen atoms in total. The van der Waals surface area contributed by atoms with Crippen molar-refractivity contribution in [3.8, 4) is 0 Å². The fraction of sp³-hybridized carbons (Fsp3) is 0.667. The summed E-state index contributed by atoms with van der Waals surface area (Å²) in [5, 5.41) is 28.4. The maximum absolute atomic E-state index is 10.9. The highest BCUT2D eigenvalue weighted by molar-refractivity contribution is 5.64. The van der Waals surface area contributed by atoms with Gasteiger partial charge in [-0.05, 0) is 12.8 Å². The molecule has 22 heavy (non-hydrogen) atoms. The van der Waals surface area contributed by atoms with Gasteiger partial charge < -0.3 is 19.9 Å². The molecule has 0 aliphatic carbocycles. The number of aromatic amines is 1. The predicted octanol–water partition coefficient (Wildman–Crippen LogP) is 1.46. The number of H-pyrrole nitrogens is 1. The summed E-state index contributed by atoms with van der Waals surface area (Å²) in [5.74, 6) is 0. The number of aromatic nitrogens is 2. The third-order valence-electron chi connectivity index (χ3n) is 3.43. The quantitative estimate of drug-likeness (QED) is 0.564. The maximum atomic E-state index is 10.9. The molecule has 1 saturated heterocycles. The van der Waals surface area contributed by atoms with Gasteiger partial charge in [-0.25, -0.2) is 4.79 Å². The van der Waals surface area contributed by atoms with E-state index in [-0.39, 0.29) is 25.4 Å². The average molecular weight is 316 g/mol. The number of nitrogens with one attached hydrogen (secondary N) is 2. The Hall–Kier alpha value is -2.20. The van der Waals surface area contributed by atoms with Crippen LogP contribution < -0.4 is 5.32 Å². The van der Waals surface area contributed by atoms with E-state index in [1.165, 1.54) is 7.11 Å². The molecule has 0 spiro atoms. The number of carboxylic acid groups (broad SMARTS) is 1. The fourth-order valence-electron chi connectivity index (χ4n) is 2.38. The molecule has 1 aliphatic heterocycles. The molecular formula is C12H20N4O6. The first-order valence-corrected chi connectivity index (χ1v) is 6.34. The van der Waals surface area contributed by atoms with Crippen molar-refractivity contribution >= 4 is 11.8 Å². The van der Waals surface area contributed by atoms with Crippen LogP contribution >= 0.6 is 0 Å². The van der Waals surface area contributed by atoms with Crippen LogP contribution in [0.15, 0.2) is 6.20 Å². The summed E-state index contributed by atoms with van der Waals surface area (Å²) in [7, 11) is 1.46. The number of ether oxygens (including phenoxy) is 2. The van der Waals surface area contributed by atoms with Gasteiger partial charge >= 0.3 is 11.8 Å². The lowest BCUT2D eigenvalue weighted by Crippen LogP contribution is -2.44. The van der Waals surface area contributed by atoms with Crippen molar-refractivity contribution in [2.75, 3.05) is 13.7 Å². The first kappa shape index (κ1) is 17.9. The second-order valence-corrected chi connectivity index (χ2v) is 4.66. The normalized spacial score (nSPS) is 24.9. The van der Waals surface area contributed by atoms with E-state index >= 15 is 0 Å². The Labute approximate surface area is 126 Å². The lowest BCUT2D eigenvalue weighted by atomic mass is 10.0. The maximum Gasteiger partial charge on any atom is 0.404 e. The highest BCUT2D eigenvalue weighted by atomic mass is 16.6. The molecular weight excluding hydrogens is 296 g/mol. The first-order chi connectivity index (χ1) is 10.0. The lowest BCUT2D eigenvalue weighted by molar-refractivity contribution is -0.386. The van der Waals surface area contributed by atoms with Crippen molar-refractivity contribution in [3.63, 3.8) is 0 Å². The molecule has 0 aromatic carbocycles. The van der Waals surface area contributed by atoms with E-state index in [2.05, 4.69) is 15.5 Å². The molecule has 124 valence electrons. The molecule has 1 fully saturated rings. The summed E-state index contributed by atoms with van der Waals surface area (Å²) >= 11 is 0. The molecule has 2 rings (SSSR count). The standard InChI is InChI=1S/C11H16N4O6.CH4/c1-20-9-5-21-8(3-2-6(9)13-11(16)17)10-7(15(18)19)4-12-14-10;/h4,6,8-9,13H,2-3,5H2,1H3,(H,12,14)(H,16,17);1H4/t6-,8+,9-;/m1./s1. The number of rotatable bonds is 4. The first-order valence-electron chi connectivity index (χ1n) is 6.34. The van der Waals surface area contributed by atoms with Crippen molar-refractivity contribution in [1.29, 1.82) is 0 Å². The van der Waals surface area contributed by atoms with Crippen LogP contribution in [0.4, 0.5) is 10.5 Å². The third kappa shape index (κ3) is 3.92. The summed E-state index contributed by atoms with van der Waals surface area (Å²) in [5.41, 5.74) is 0.143. The predicted molar refractivity (Wildman–Crippen MR) is 75.6 cm³/mol. The smallest absolute Gasteiger partial charge is 0.404 e. The Bertz CT molecular complexity index is 519. The highest BCUT2D eigenvalue weighted by Gasteiger charge is 2.33. The van der Waals surface area contributed by atoms with Gasteiger partial charge in [0.2, 0.25) is 0 Å². The summed E-state index contributed by atoms with van der Waals surface area (Å²) in [6, 6.07) is -0.431. The van der Waals surface area contributed by atoms with Gasteiger partial charge in [0, 0.05) is 7.11 Å². The number of carbonyl (C=O) groups is 1. The van der Waals surface area contributed by atoms with Gasteiger partial charge in [0.25, 0.3) is 0 Å². The van der Waals surface area contributed by atoms with Crippen LogP contribution in [0.2, 0.25) is 0 Å². The van der Waals surface area contributed by atoms with Crippen LogP contribution in [-0.4, -0.2) is 52.2 Å². The molecule has 0 unspecified atom stereocenters. The van der Waals surface area contributed by atoms with Gasteiger partial charge in [-0.3, -0.25) is 15.2 Å². The van der Waals surface area contributed by atoms with Gasteiger partial charge in [0.15, 0.2) is 0 Å². The topological polar surface area (TPSA) is 140 Å². The molecule has 1 aromatic heterocycles. The minimum absolute atomic E-state index is 0. The van der Waals surface area contributed by atoms with E-state index in [1.54, 1.807) is 0 Å². The number of hydrogen-bond donors (Lipinski definition) is 3. The largest absolute Gasteiger partial charge is 0.465 e. The molecule has 10 heteroatoms. The average Bonchev–Trinajstić information content (AvgIpc) is 2.82. The number of hydrogen-bond acceptors (Lipinski definition) is 6. The molecule has 2 heterocycles. The molecule has 0 radical (unpaired) electrons. The summed E-state index contributed by atoms with van der Waals surface area (Å²) < 4.78 is 10.8.